The Balaban J connectivity index is 0.000000243. The van der Waals surface area contributed by atoms with Crippen LogP contribution in [-0.2, 0) is 54.1 Å². The zero-order valence-corrected chi connectivity index (χ0v) is 38.4. The van der Waals surface area contributed by atoms with Crippen LogP contribution in [0.3, 0.4) is 0 Å². The van der Waals surface area contributed by atoms with Gasteiger partial charge in [-0.3, -0.25) is 9.59 Å². The number of nitrogens with one attached hydrogen (secondary N) is 2. The maximum atomic E-state index is 9.38. The van der Waals surface area contributed by atoms with Crippen molar-refractivity contribution in [3.8, 4) is 22.3 Å². The zero-order valence-electron chi connectivity index (χ0n) is 34.4. The number of aryl methyl sites for hydroxylation is 2. The molecule has 6 rings (SSSR count). The SMILES string of the molecule is CCCCc1ccccc1-c1cccc2[cH-]c(C(C)(C)C)cc12.CCCCc1ccccc1-c1cccc2[cH-]c(C(C)(C)C)cc12.O=CN[B]NC=O.[Cl][Zr+2][Cl]. The monoisotopic (exact) mass is 865 g/mol. The number of halogens is 2. The summed E-state index contributed by atoms with van der Waals surface area (Å²) in [4.78, 5) is 18.8. The van der Waals surface area contributed by atoms with E-state index in [0.29, 0.717) is 12.8 Å². The first-order valence-corrected chi connectivity index (χ1v) is 25.9. The Morgan fingerprint density at radius 2 is 0.946 bits per heavy atom. The van der Waals surface area contributed by atoms with Crippen LogP contribution in [-0.4, -0.2) is 20.4 Å². The van der Waals surface area contributed by atoms with Crippen molar-refractivity contribution in [1.29, 1.82) is 0 Å². The van der Waals surface area contributed by atoms with Crippen molar-refractivity contribution in [2.45, 2.75) is 105 Å². The second-order valence-corrected chi connectivity index (χ2v) is 19.6. The summed E-state index contributed by atoms with van der Waals surface area (Å²) in [6.07, 6.45) is 8.22. The van der Waals surface area contributed by atoms with Crippen molar-refractivity contribution in [3.05, 3.63) is 131 Å². The van der Waals surface area contributed by atoms with E-state index in [0.717, 1.165) is 20.4 Å². The van der Waals surface area contributed by atoms with Gasteiger partial charge in [-0.1, -0.05) is 140 Å². The fourth-order valence-electron chi connectivity index (χ4n) is 6.66. The molecule has 0 heterocycles. The summed E-state index contributed by atoms with van der Waals surface area (Å²) in [5.41, 5.74) is 11.7. The first-order valence-electron chi connectivity index (χ1n) is 19.6. The van der Waals surface area contributed by atoms with Crippen molar-refractivity contribution in [3.63, 3.8) is 0 Å². The molecule has 0 spiro atoms. The van der Waals surface area contributed by atoms with E-state index in [9.17, 15) is 9.59 Å². The molecule has 0 saturated carbocycles. The standard InChI is InChI=1S/2C23H27.C2H4BN2O2.2ClH.Zr/c2*1-5-6-10-17-11-7-8-13-20(17)21-14-9-12-18-15-19(16-22(18)21)23(2,3)4;6-1-4-3-5-2-7;;;/h2*7-9,11-16H,5-6,10H2,1-4H3;1-2H,(H,4,6)(H,5,7);2*1H;/q2*-1;;;;+4/p-2. The molecule has 0 bridgehead atoms. The van der Waals surface area contributed by atoms with Gasteiger partial charge in [-0.15, -0.1) is 69.1 Å². The van der Waals surface area contributed by atoms with E-state index in [1.54, 1.807) is 0 Å². The number of carbonyl (C=O) groups excluding carboxylic acids is 2. The Kier molecular flexibility index (Phi) is 19.9. The van der Waals surface area contributed by atoms with Gasteiger partial charge in [0.25, 0.3) is 0 Å². The van der Waals surface area contributed by atoms with Crippen LogP contribution in [0.5, 0.6) is 0 Å². The van der Waals surface area contributed by atoms with Crippen LogP contribution in [0.25, 0.3) is 43.8 Å². The predicted molar refractivity (Wildman–Crippen MR) is 240 cm³/mol. The number of amides is 2. The van der Waals surface area contributed by atoms with Crippen LogP contribution < -0.4 is 10.5 Å². The molecule has 0 aliphatic heterocycles. The van der Waals surface area contributed by atoms with E-state index in [1.165, 1.54) is 91.7 Å². The summed E-state index contributed by atoms with van der Waals surface area (Å²) in [5, 5.41) is 9.70. The quantitative estimate of drug-likeness (QED) is 0.0557. The van der Waals surface area contributed by atoms with E-state index in [-0.39, 0.29) is 10.8 Å². The van der Waals surface area contributed by atoms with Gasteiger partial charge in [-0.2, -0.15) is 12.1 Å². The molecule has 0 saturated heterocycles. The third kappa shape index (κ3) is 13.9. The van der Waals surface area contributed by atoms with Gasteiger partial charge in [0.05, 0.1) is 0 Å². The second kappa shape index (κ2) is 23.7. The van der Waals surface area contributed by atoms with Crippen LogP contribution in [0.2, 0.25) is 0 Å². The Morgan fingerprint density at radius 3 is 1.29 bits per heavy atom. The Bertz CT molecular complexity index is 1940. The van der Waals surface area contributed by atoms with Gasteiger partial charge < -0.3 is 10.5 Å². The topological polar surface area (TPSA) is 58.2 Å². The predicted octanol–water partition coefficient (Wildman–Crippen LogP) is 13.1. The molecule has 2 amide bonds. The van der Waals surface area contributed by atoms with Crippen molar-refractivity contribution in [2.24, 2.45) is 0 Å². The Labute approximate surface area is 355 Å². The van der Waals surface area contributed by atoms with E-state index < -0.39 is 20.8 Å². The van der Waals surface area contributed by atoms with Gasteiger partial charge in [0.15, 0.2) is 12.8 Å². The van der Waals surface area contributed by atoms with Crippen LogP contribution >= 0.6 is 17.0 Å². The van der Waals surface area contributed by atoms with Crippen LogP contribution in [0.4, 0.5) is 0 Å². The number of benzene rings is 4. The second-order valence-electron chi connectivity index (χ2n) is 15.9. The molecule has 0 aromatic heterocycles. The summed E-state index contributed by atoms with van der Waals surface area (Å²) in [5.74, 6) is 0. The minimum atomic E-state index is -0.826. The fraction of sp³-hybridized carbons (Fsp3) is 0.333. The number of hydrogen-bond acceptors (Lipinski definition) is 2. The molecule has 2 N–H and O–H groups in total. The third-order valence-corrected chi connectivity index (χ3v) is 9.75. The number of unbranched alkanes of at least 4 members (excludes halogenated alkanes) is 2. The van der Waals surface area contributed by atoms with Gasteiger partial charge in [-0.05, 0) is 58.8 Å². The molecule has 0 atom stereocenters. The molecular formula is C48H58BCl2N2O2Zr. The molecular weight excluding hydrogens is 809 g/mol. The molecule has 0 aliphatic rings. The molecule has 6 aromatic carbocycles. The van der Waals surface area contributed by atoms with E-state index >= 15 is 0 Å². The third-order valence-electron chi connectivity index (χ3n) is 9.75. The van der Waals surface area contributed by atoms with E-state index in [2.05, 4.69) is 175 Å². The normalized spacial score (nSPS) is 10.8. The summed E-state index contributed by atoms with van der Waals surface area (Å²) < 4.78 is 0. The molecule has 0 aliphatic carbocycles. The average Bonchev–Trinajstić information content (AvgIpc) is 3.84. The minimum absolute atomic E-state index is 0.192. The molecule has 0 unspecified atom stereocenters. The van der Waals surface area contributed by atoms with E-state index in [1.807, 2.05) is 0 Å². The van der Waals surface area contributed by atoms with Crippen molar-refractivity contribution >= 4 is 58.9 Å². The summed E-state index contributed by atoms with van der Waals surface area (Å²) in [6, 6.07) is 40.7. The van der Waals surface area contributed by atoms with Gasteiger partial charge in [0, 0.05) is 0 Å². The van der Waals surface area contributed by atoms with Gasteiger partial charge in [-0.25, -0.2) is 0 Å². The molecule has 1 radical (unpaired) electrons. The van der Waals surface area contributed by atoms with Crippen LogP contribution in [0.15, 0.2) is 109 Å². The number of fused-ring (bicyclic) bond motifs is 2. The zero-order chi connectivity index (χ0) is 41.1. The molecule has 293 valence electrons. The molecule has 56 heavy (non-hydrogen) atoms. The molecule has 4 nitrogen and oxygen atoms in total. The molecule has 0 fully saturated rings. The first kappa shape index (κ1) is 46.9. The van der Waals surface area contributed by atoms with E-state index in [4.69, 9.17) is 17.0 Å². The van der Waals surface area contributed by atoms with Crippen LogP contribution in [0.1, 0.15) is 103 Å². The van der Waals surface area contributed by atoms with Crippen molar-refractivity contribution in [1.82, 2.24) is 10.5 Å². The summed E-state index contributed by atoms with van der Waals surface area (Å²) in [7, 11) is 11.0. The van der Waals surface area contributed by atoms with Gasteiger partial charge in [0.1, 0.15) is 0 Å². The first-order chi connectivity index (χ1) is 26.8. The maximum absolute atomic E-state index is 9.38. The summed E-state index contributed by atoms with van der Waals surface area (Å²) >= 11 is -0.826. The molecule has 8 heteroatoms. The Hall–Kier alpha value is -3.43. The van der Waals surface area contributed by atoms with Gasteiger partial charge >= 0.3 is 45.4 Å². The molecule has 6 aromatic rings. The fourth-order valence-corrected chi connectivity index (χ4v) is 6.66. The number of hydrogen-bond donors (Lipinski definition) is 2. The summed E-state index contributed by atoms with van der Waals surface area (Å²) in [6.45, 7) is 18.2. The Morgan fingerprint density at radius 1 is 0.589 bits per heavy atom. The van der Waals surface area contributed by atoms with Crippen LogP contribution in [0, 0.1) is 0 Å². The number of rotatable bonds is 12. The van der Waals surface area contributed by atoms with Gasteiger partial charge in [0.2, 0.25) is 0 Å². The van der Waals surface area contributed by atoms with Crippen molar-refractivity contribution in [2.75, 3.05) is 0 Å². The van der Waals surface area contributed by atoms with Crippen molar-refractivity contribution < 1.29 is 30.4 Å². The number of carbonyl (C=O) groups is 2. The average molecular weight is 868 g/mol.